The summed E-state index contributed by atoms with van der Waals surface area (Å²) in [5.41, 5.74) is 0. The number of rotatable bonds is 13. The molecule has 0 fully saturated rings. The van der Waals surface area contributed by atoms with Crippen LogP contribution < -0.4 is 9.13 Å². The van der Waals surface area contributed by atoms with E-state index in [4.69, 9.17) is 0 Å². The molecule has 0 aliphatic rings. The van der Waals surface area contributed by atoms with Gasteiger partial charge < -0.3 is 0 Å². The molecule has 4 heteroatoms. The number of nitrogens with zero attached hydrogens (tertiary/aromatic N) is 4. The van der Waals surface area contributed by atoms with Gasteiger partial charge in [0.1, 0.15) is 24.8 Å². The Balaban J connectivity index is 1.53. The minimum atomic E-state index is 1.15. The van der Waals surface area contributed by atoms with Crippen LogP contribution in [0.2, 0.25) is 0 Å². The highest BCUT2D eigenvalue weighted by Crippen LogP contribution is 2.01. The van der Waals surface area contributed by atoms with E-state index in [1.54, 1.807) is 0 Å². The van der Waals surface area contributed by atoms with E-state index in [1.165, 1.54) is 51.4 Å². The van der Waals surface area contributed by atoms with E-state index in [2.05, 4.69) is 69.6 Å². The molecule has 0 unspecified atom stereocenters. The molecular formula is C20H36N4+2. The third-order valence-corrected chi connectivity index (χ3v) is 4.61. The van der Waals surface area contributed by atoms with Gasteiger partial charge in [0.2, 0.25) is 12.7 Å². The van der Waals surface area contributed by atoms with Gasteiger partial charge in [0.15, 0.2) is 0 Å². The Hall–Kier alpha value is -1.58. The number of hydrogen-bond acceptors (Lipinski definition) is 0. The predicted octanol–water partition coefficient (Wildman–Crippen LogP) is 3.73. The van der Waals surface area contributed by atoms with Crippen LogP contribution in [0.5, 0.6) is 0 Å². The van der Waals surface area contributed by atoms with E-state index >= 15 is 0 Å². The maximum atomic E-state index is 2.33. The number of aromatic nitrogens is 4. The van der Waals surface area contributed by atoms with Crippen molar-refractivity contribution in [3.8, 4) is 0 Å². The molecule has 0 aliphatic heterocycles. The molecule has 0 aromatic carbocycles. The number of imidazole rings is 2. The maximum absolute atomic E-state index is 2.33. The normalized spacial score (nSPS) is 11.2. The van der Waals surface area contributed by atoms with E-state index < -0.39 is 0 Å². The highest BCUT2D eigenvalue weighted by Gasteiger charge is 2.04. The van der Waals surface area contributed by atoms with Crippen molar-refractivity contribution in [1.82, 2.24) is 9.13 Å². The monoisotopic (exact) mass is 332 g/mol. The SMILES string of the molecule is CCCCn1cc[n+](CCCCCC[n+]2ccn(CCCC)c2)c1. The van der Waals surface area contributed by atoms with Gasteiger partial charge in [-0.15, -0.1) is 0 Å². The largest absolute Gasteiger partial charge is 0.243 e. The molecule has 0 N–H and O–H groups in total. The summed E-state index contributed by atoms with van der Waals surface area (Å²) in [7, 11) is 0. The van der Waals surface area contributed by atoms with Crippen LogP contribution in [0.4, 0.5) is 0 Å². The minimum Gasteiger partial charge on any atom is -0.237 e. The van der Waals surface area contributed by atoms with Crippen LogP contribution in [0, 0.1) is 0 Å². The molecule has 134 valence electrons. The summed E-state index contributed by atoms with van der Waals surface area (Å²) < 4.78 is 9.28. The Morgan fingerprint density at radius 3 is 1.50 bits per heavy atom. The molecule has 2 aromatic heterocycles. The molecule has 24 heavy (non-hydrogen) atoms. The van der Waals surface area contributed by atoms with Gasteiger partial charge >= 0.3 is 0 Å². The molecule has 4 nitrogen and oxygen atoms in total. The van der Waals surface area contributed by atoms with E-state index in [0.717, 1.165) is 26.2 Å². The van der Waals surface area contributed by atoms with Crippen LogP contribution >= 0.6 is 0 Å². The molecule has 0 saturated carbocycles. The molecule has 0 saturated heterocycles. The van der Waals surface area contributed by atoms with Gasteiger partial charge in [0, 0.05) is 0 Å². The average molecular weight is 333 g/mol. The van der Waals surface area contributed by atoms with Crippen molar-refractivity contribution < 1.29 is 9.13 Å². The Bertz CT molecular complexity index is 505. The first kappa shape index (κ1) is 18.8. The zero-order valence-electron chi connectivity index (χ0n) is 15.7. The van der Waals surface area contributed by atoms with Crippen molar-refractivity contribution in [3.63, 3.8) is 0 Å². The molecule has 0 aliphatic carbocycles. The Morgan fingerprint density at radius 1 is 0.625 bits per heavy atom. The van der Waals surface area contributed by atoms with Gasteiger partial charge in [-0.25, -0.2) is 18.3 Å². The minimum absolute atomic E-state index is 1.15. The summed E-state index contributed by atoms with van der Waals surface area (Å²) in [5, 5.41) is 0. The van der Waals surface area contributed by atoms with E-state index in [1.807, 2.05) is 0 Å². The molecule has 0 atom stereocenters. The zero-order valence-corrected chi connectivity index (χ0v) is 15.7. The predicted molar refractivity (Wildman–Crippen MR) is 97.5 cm³/mol. The summed E-state index contributed by atoms with van der Waals surface area (Å²) in [4.78, 5) is 0. The summed E-state index contributed by atoms with van der Waals surface area (Å²) >= 11 is 0. The first-order valence-electron chi connectivity index (χ1n) is 9.91. The summed E-state index contributed by atoms with van der Waals surface area (Å²) in [5.74, 6) is 0. The second-order valence-corrected chi connectivity index (χ2v) is 6.90. The molecule has 2 aromatic rings. The van der Waals surface area contributed by atoms with Crippen LogP contribution in [-0.4, -0.2) is 9.13 Å². The quantitative estimate of drug-likeness (QED) is 0.393. The topological polar surface area (TPSA) is 17.6 Å². The van der Waals surface area contributed by atoms with Crippen molar-refractivity contribution in [1.29, 1.82) is 0 Å². The fourth-order valence-electron chi connectivity index (χ4n) is 3.03. The number of hydrogen-bond donors (Lipinski definition) is 0. The van der Waals surface area contributed by atoms with Gasteiger partial charge in [-0.2, -0.15) is 0 Å². The van der Waals surface area contributed by atoms with Crippen molar-refractivity contribution in [2.24, 2.45) is 0 Å². The highest BCUT2D eigenvalue weighted by molar-refractivity contribution is 4.66. The third kappa shape index (κ3) is 6.90. The Morgan fingerprint density at radius 2 is 1.08 bits per heavy atom. The zero-order chi connectivity index (χ0) is 17.0. The fourth-order valence-corrected chi connectivity index (χ4v) is 3.03. The lowest BCUT2D eigenvalue weighted by Crippen LogP contribution is -2.31. The van der Waals surface area contributed by atoms with Crippen molar-refractivity contribution in [2.75, 3.05) is 0 Å². The molecule has 0 radical (unpaired) electrons. The maximum Gasteiger partial charge on any atom is 0.243 e. The van der Waals surface area contributed by atoms with Crippen LogP contribution in [0.15, 0.2) is 37.4 Å². The van der Waals surface area contributed by atoms with Crippen LogP contribution in [0.1, 0.15) is 65.2 Å². The summed E-state index contributed by atoms with van der Waals surface area (Å²) in [6.07, 6.45) is 23.6. The van der Waals surface area contributed by atoms with E-state index in [0.29, 0.717) is 0 Å². The van der Waals surface area contributed by atoms with E-state index in [-0.39, 0.29) is 0 Å². The lowest BCUT2D eigenvalue weighted by Gasteiger charge is -1.99. The summed E-state index contributed by atoms with van der Waals surface area (Å²) in [6.45, 7) is 9.10. The van der Waals surface area contributed by atoms with Gasteiger partial charge in [-0.05, 0) is 38.5 Å². The molecule has 2 rings (SSSR count). The molecule has 0 amide bonds. The van der Waals surface area contributed by atoms with Crippen molar-refractivity contribution in [3.05, 3.63) is 37.4 Å². The second-order valence-electron chi connectivity index (χ2n) is 6.90. The third-order valence-electron chi connectivity index (χ3n) is 4.61. The van der Waals surface area contributed by atoms with Crippen LogP contribution in [0.3, 0.4) is 0 Å². The van der Waals surface area contributed by atoms with Gasteiger partial charge in [0.05, 0.1) is 26.2 Å². The smallest absolute Gasteiger partial charge is 0.237 e. The van der Waals surface area contributed by atoms with Gasteiger partial charge in [-0.1, -0.05) is 26.7 Å². The molecular weight excluding hydrogens is 296 g/mol. The lowest BCUT2D eigenvalue weighted by atomic mass is 10.2. The lowest BCUT2D eigenvalue weighted by molar-refractivity contribution is -0.698. The van der Waals surface area contributed by atoms with Crippen molar-refractivity contribution >= 4 is 0 Å². The number of unbranched alkanes of at least 4 members (excludes halogenated alkanes) is 5. The van der Waals surface area contributed by atoms with Gasteiger partial charge in [-0.3, -0.25) is 0 Å². The fraction of sp³-hybridized carbons (Fsp3) is 0.700. The van der Waals surface area contributed by atoms with Crippen molar-refractivity contribution in [2.45, 2.75) is 91.4 Å². The number of aryl methyl sites for hydroxylation is 4. The molecule has 2 heterocycles. The first-order chi connectivity index (χ1) is 11.8. The average Bonchev–Trinajstić information content (AvgIpc) is 3.23. The van der Waals surface area contributed by atoms with E-state index in [9.17, 15) is 0 Å². The highest BCUT2D eigenvalue weighted by atomic mass is 15.1. The molecule has 0 spiro atoms. The van der Waals surface area contributed by atoms with Crippen LogP contribution in [-0.2, 0) is 26.2 Å². The Kier molecular flexibility index (Phi) is 8.64. The van der Waals surface area contributed by atoms with Gasteiger partial charge in [0.25, 0.3) is 0 Å². The first-order valence-corrected chi connectivity index (χ1v) is 9.91. The second kappa shape index (κ2) is 11.1. The summed E-state index contributed by atoms with van der Waals surface area (Å²) in [6, 6.07) is 0. The Labute approximate surface area is 147 Å². The molecule has 0 bridgehead atoms. The van der Waals surface area contributed by atoms with Crippen LogP contribution in [0.25, 0.3) is 0 Å². The standard InChI is InChI=1S/C20H36N4/c1-3-5-11-21-15-17-23(19-21)13-9-7-8-10-14-24-18-16-22(20-24)12-6-4-2/h15-20H,3-14H2,1-2H3/q+2.